The number of pyridine rings is 1. The summed E-state index contributed by atoms with van der Waals surface area (Å²) in [5.41, 5.74) is 1.76. The summed E-state index contributed by atoms with van der Waals surface area (Å²) in [6.07, 6.45) is 1.73. The van der Waals surface area contributed by atoms with Crippen molar-refractivity contribution in [3.05, 3.63) is 40.5 Å². The van der Waals surface area contributed by atoms with Gasteiger partial charge in [0.2, 0.25) is 0 Å². The zero-order valence-corrected chi connectivity index (χ0v) is 10.3. The number of ether oxygens (including phenoxy) is 1. The topological polar surface area (TPSA) is 39.2 Å². The molecule has 1 heterocycles. The van der Waals surface area contributed by atoms with Crippen LogP contribution in [0.2, 0.25) is 0 Å². The summed E-state index contributed by atoms with van der Waals surface area (Å²) >= 11 is 3.44. The molecule has 0 saturated carbocycles. The largest absolute Gasteiger partial charge is 0.461 e. The molecule has 0 unspecified atom stereocenters. The van der Waals surface area contributed by atoms with Crippen LogP contribution in [0.15, 0.2) is 34.9 Å². The molecule has 2 rings (SSSR count). The SMILES string of the molecule is CC(=O)OCc1c(Br)ccc2cccnc12. The van der Waals surface area contributed by atoms with Gasteiger partial charge in [-0.3, -0.25) is 9.78 Å². The Labute approximate surface area is 102 Å². The van der Waals surface area contributed by atoms with Gasteiger partial charge in [0.1, 0.15) is 6.61 Å². The average Bonchev–Trinajstić information content (AvgIpc) is 2.27. The minimum Gasteiger partial charge on any atom is -0.461 e. The van der Waals surface area contributed by atoms with Gasteiger partial charge in [-0.05, 0) is 12.1 Å². The highest BCUT2D eigenvalue weighted by Gasteiger charge is 2.08. The second-order valence-corrected chi connectivity index (χ2v) is 4.24. The molecule has 0 radical (unpaired) electrons. The number of hydrogen-bond donors (Lipinski definition) is 0. The first-order valence-electron chi connectivity index (χ1n) is 4.84. The molecule has 16 heavy (non-hydrogen) atoms. The monoisotopic (exact) mass is 279 g/mol. The van der Waals surface area contributed by atoms with Crippen LogP contribution in [-0.4, -0.2) is 11.0 Å². The Balaban J connectivity index is 2.48. The molecule has 0 aliphatic rings. The molecule has 0 bridgehead atoms. The molecule has 4 heteroatoms. The lowest BCUT2D eigenvalue weighted by Crippen LogP contribution is -2.00. The zero-order valence-electron chi connectivity index (χ0n) is 8.74. The first-order chi connectivity index (χ1) is 7.68. The van der Waals surface area contributed by atoms with Crippen molar-refractivity contribution in [2.45, 2.75) is 13.5 Å². The van der Waals surface area contributed by atoms with E-state index in [4.69, 9.17) is 4.74 Å². The molecule has 0 aliphatic carbocycles. The maximum Gasteiger partial charge on any atom is 0.302 e. The first kappa shape index (κ1) is 11.1. The Hall–Kier alpha value is -1.42. The van der Waals surface area contributed by atoms with E-state index >= 15 is 0 Å². The maximum absolute atomic E-state index is 10.8. The highest BCUT2D eigenvalue weighted by molar-refractivity contribution is 9.10. The molecular weight excluding hydrogens is 270 g/mol. The number of aromatic nitrogens is 1. The van der Waals surface area contributed by atoms with Crippen molar-refractivity contribution < 1.29 is 9.53 Å². The van der Waals surface area contributed by atoms with E-state index in [9.17, 15) is 4.79 Å². The van der Waals surface area contributed by atoms with Gasteiger partial charge in [-0.25, -0.2) is 0 Å². The summed E-state index contributed by atoms with van der Waals surface area (Å²) in [7, 11) is 0. The number of benzene rings is 1. The van der Waals surface area contributed by atoms with Crippen molar-refractivity contribution in [3.8, 4) is 0 Å². The Kier molecular flexibility index (Phi) is 3.19. The van der Waals surface area contributed by atoms with Gasteiger partial charge >= 0.3 is 5.97 Å². The fourth-order valence-electron chi connectivity index (χ4n) is 1.49. The van der Waals surface area contributed by atoms with Gasteiger partial charge in [-0.1, -0.05) is 28.1 Å². The molecule has 0 atom stereocenters. The van der Waals surface area contributed by atoms with Crippen molar-refractivity contribution in [1.82, 2.24) is 4.98 Å². The number of carbonyl (C=O) groups is 1. The third-order valence-electron chi connectivity index (χ3n) is 2.24. The van der Waals surface area contributed by atoms with Crippen LogP contribution >= 0.6 is 15.9 Å². The number of rotatable bonds is 2. The molecule has 0 fully saturated rings. The van der Waals surface area contributed by atoms with Gasteiger partial charge in [-0.15, -0.1) is 0 Å². The Morgan fingerprint density at radius 1 is 1.44 bits per heavy atom. The van der Waals surface area contributed by atoms with Crippen LogP contribution in [0, 0.1) is 0 Å². The summed E-state index contributed by atoms with van der Waals surface area (Å²) in [6, 6.07) is 7.77. The molecule has 1 aromatic carbocycles. The van der Waals surface area contributed by atoms with Crippen LogP contribution in [0.1, 0.15) is 12.5 Å². The van der Waals surface area contributed by atoms with Crippen molar-refractivity contribution in [2.75, 3.05) is 0 Å². The molecular formula is C12H10BrNO2. The number of fused-ring (bicyclic) bond motifs is 1. The van der Waals surface area contributed by atoms with Gasteiger partial charge in [0.15, 0.2) is 0 Å². The quantitative estimate of drug-likeness (QED) is 0.794. The Bertz CT molecular complexity index is 540. The highest BCUT2D eigenvalue weighted by Crippen LogP contribution is 2.25. The third-order valence-corrected chi connectivity index (χ3v) is 2.98. The lowest BCUT2D eigenvalue weighted by atomic mass is 10.1. The molecule has 0 aliphatic heterocycles. The summed E-state index contributed by atoms with van der Waals surface area (Å²) in [5, 5.41) is 1.04. The predicted molar refractivity (Wildman–Crippen MR) is 64.9 cm³/mol. The number of nitrogens with zero attached hydrogens (tertiary/aromatic N) is 1. The van der Waals surface area contributed by atoms with Crippen LogP contribution in [0.4, 0.5) is 0 Å². The van der Waals surface area contributed by atoms with Crippen LogP contribution in [0.3, 0.4) is 0 Å². The van der Waals surface area contributed by atoms with E-state index in [1.54, 1.807) is 6.20 Å². The van der Waals surface area contributed by atoms with Crippen LogP contribution in [0.5, 0.6) is 0 Å². The number of carbonyl (C=O) groups excluding carboxylic acids is 1. The number of halogens is 1. The van der Waals surface area contributed by atoms with Gasteiger partial charge in [0, 0.05) is 28.5 Å². The van der Waals surface area contributed by atoms with E-state index in [0.717, 1.165) is 20.9 Å². The molecule has 0 saturated heterocycles. The standard InChI is InChI=1S/C12H10BrNO2/c1-8(15)16-7-10-11(13)5-4-9-3-2-6-14-12(9)10/h2-6H,7H2,1H3. The lowest BCUT2D eigenvalue weighted by Gasteiger charge is -2.08. The zero-order chi connectivity index (χ0) is 11.5. The Morgan fingerprint density at radius 2 is 2.25 bits per heavy atom. The van der Waals surface area contributed by atoms with Crippen molar-refractivity contribution in [3.63, 3.8) is 0 Å². The van der Waals surface area contributed by atoms with E-state index in [2.05, 4.69) is 20.9 Å². The smallest absolute Gasteiger partial charge is 0.302 e. The second-order valence-electron chi connectivity index (χ2n) is 3.38. The van der Waals surface area contributed by atoms with Gasteiger partial charge in [0.25, 0.3) is 0 Å². The van der Waals surface area contributed by atoms with E-state index in [1.165, 1.54) is 6.92 Å². The van der Waals surface area contributed by atoms with E-state index in [1.807, 2.05) is 24.3 Å². The summed E-state index contributed by atoms with van der Waals surface area (Å²) in [5.74, 6) is -0.292. The molecule has 0 N–H and O–H groups in total. The number of hydrogen-bond acceptors (Lipinski definition) is 3. The Morgan fingerprint density at radius 3 is 3.00 bits per heavy atom. The average molecular weight is 280 g/mol. The second kappa shape index (κ2) is 4.61. The fraction of sp³-hybridized carbons (Fsp3) is 0.167. The molecule has 2 aromatic rings. The first-order valence-corrected chi connectivity index (χ1v) is 5.63. The molecule has 3 nitrogen and oxygen atoms in total. The molecule has 0 amide bonds. The minimum atomic E-state index is -0.292. The highest BCUT2D eigenvalue weighted by atomic mass is 79.9. The minimum absolute atomic E-state index is 0.240. The van der Waals surface area contributed by atoms with Gasteiger partial charge < -0.3 is 4.74 Å². The van der Waals surface area contributed by atoms with E-state index in [-0.39, 0.29) is 12.6 Å². The fourth-order valence-corrected chi connectivity index (χ4v) is 1.93. The summed E-state index contributed by atoms with van der Waals surface area (Å²) in [6.45, 7) is 1.64. The molecule has 82 valence electrons. The van der Waals surface area contributed by atoms with Crippen LogP contribution in [-0.2, 0) is 16.1 Å². The van der Waals surface area contributed by atoms with Crippen LogP contribution in [0.25, 0.3) is 10.9 Å². The predicted octanol–water partition coefficient (Wildman–Crippen LogP) is 3.06. The lowest BCUT2D eigenvalue weighted by molar-refractivity contribution is -0.142. The third kappa shape index (κ3) is 2.22. The normalized spacial score (nSPS) is 10.4. The van der Waals surface area contributed by atoms with Crippen molar-refractivity contribution >= 4 is 32.8 Å². The van der Waals surface area contributed by atoms with Gasteiger partial charge in [-0.2, -0.15) is 0 Å². The maximum atomic E-state index is 10.8. The van der Waals surface area contributed by atoms with E-state index < -0.39 is 0 Å². The van der Waals surface area contributed by atoms with E-state index in [0.29, 0.717) is 0 Å². The van der Waals surface area contributed by atoms with Crippen molar-refractivity contribution in [2.24, 2.45) is 0 Å². The molecule has 1 aromatic heterocycles. The number of esters is 1. The summed E-state index contributed by atoms with van der Waals surface area (Å²) in [4.78, 5) is 15.1. The van der Waals surface area contributed by atoms with Crippen molar-refractivity contribution in [1.29, 1.82) is 0 Å². The summed E-state index contributed by atoms with van der Waals surface area (Å²) < 4.78 is 5.91. The van der Waals surface area contributed by atoms with Crippen LogP contribution < -0.4 is 0 Å². The van der Waals surface area contributed by atoms with Gasteiger partial charge in [0.05, 0.1) is 5.52 Å². The molecule has 0 spiro atoms.